The van der Waals surface area contributed by atoms with Crippen LogP contribution in [0.4, 0.5) is 5.69 Å². The highest BCUT2D eigenvalue weighted by Crippen LogP contribution is 2.22. The molecule has 0 aliphatic heterocycles. The number of unbranched alkanes of at least 4 members (excludes halogenated alkanes) is 1. The summed E-state index contributed by atoms with van der Waals surface area (Å²) in [7, 11) is 0. The topological polar surface area (TPSA) is 43.1 Å². The monoisotopic (exact) mass is 289 g/mol. The average Bonchev–Trinajstić information content (AvgIpc) is 2.25. The number of halogens is 1. The highest BCUT2D eigenvalue weighted by molar-refractivity contribution is 9.09. The Balaban J connectivity index is 2.39. The molecule has 1 aromatic carbocycles. The summed E-state index contributed by atoms with van der Waals surface area (Å²) in [4.78, 5) is 11.1. The van der Waals surface area contributed by atoms with Crippen LogP contribution in [0.2, 0.25) is 0 Å². The van der Waals surface area contributed by atoms with Gasteiger partial charge in [-0.05, 0) is 30.7 Å². The molecule has 0 saturated heterocycles. The Morgan fingerprint density at radius 3 is 2.47 bits per heavy atom. The predicted octanol–water partition coefficient (Wildman–Crippen LogP) is 3.86. The number of rotatable bonds is 6. The summed E-state index contributed by atoms with van der Waals surface area (Å²) >= 11 is 5.11. The second-order valence-corrected chi connectivity index (χ2v) is 4.96. The maximum Gasteiger partial charge on any atom is 0.269 e. The molecule has 0 amide bonds. The van der Waals surface area contributed by atoms with Crippen LogP contribution in [0.3, 0.4) is 0 Å². The van der Waals surface area contributed by atoms with Gasteiger partial charge in [0.25, 0.3) is 5.69 Å². The molecule has 0 aromatic heterocycles. The minimum atomic E-state index is -0.376. The molecule has 3 nitrogen and oxygen atoms in total. The van der Waals surface area contributed by atoms with E-state index in [0.717, 1.165) is 22.4 Å². The highest BCUT2D eigenvalue weighted by Gasteiger charge is 2.03. The Labute approximate surface area is 102 Å². The number of hydrogen-bond donors (Lipinski definition) is 0. The van der Waals surface area contributed by atoms with Gasteiger partial charge in [0.1, 0.15) is 0 Å². The minimum Gasteiger partial charge on any atom is -0.258 e. The molecular weight excluding hydrogens is 278 g/mol. The summed E-state index contributed by atoms with van der Waals surface area (Å²) in [6, 6.07) is 6.70. The molecule has 0 spiro atoms. The Morgan fingerprint density at radius 1 is 1.27 bits per heavy atom. The van der Waals surface area contributed by atoms with Gasteiger partial charge in [0, 0.05) is 22.4 Å². The van der Waals surface area contributed by atoms with Crippen molar-refractivity contribution in [1.82, 2.24) is 0 Å². The van der Waals surface area contributed by atoms with Crippen molar-refractivity contribution in [2.45, 2.75) is 17.7 Å². The lowest BCUT2D eigenvalue weighted by molar-refractivity contribution is -0.384. The van der Waals surface area contributed by atoms with Crippen molar-refractivity contribution in [3.05, 3.63) is 34.4 Å². The standard InChI is InChI=1S/C10H12BrNO2S/c11-7-1-2-8-15-10-5-3-9(4-6-10)12(13)14/h3-6H,1-2,7-8H2. The summed E-state index contributed by atoms with van der Waals surface area (Å²) in [5.74, 6) is 1.06. The molecule has 82 valence electrons. The number of hydrogen-bond acceptors (Lipinski definition) is 3. The molecule has 0 atom stereocenters. The molecule has 0 saturated carbocycles. The Kier molecular flexibility index (Phi) is 5.71. The first-order valence-electron chi connectivity index (χ1n) is 4.67. The average molecular weight is 290 g/mol. The molecule has 0 fully saturated rings. The van der Waals surface area contributed by atoms with Crippen molar-refractivity contribution in [3.8, 4) is 0 Å². The zero-order valence-corrected chi connectivity index (χ0v) is 10.6. The molecule has 0 radical (unpaired) electrons. The zero-order valence-electron chi connectivity index (χ0n) is 8.19. The van der Waals surface area contributed by atoms with E-state index in [1.54, 1.807) is 36.0 Å². The van der Waals surface area contributed by atoms with Crippen LogP contribution in [0, 0.1) is 10.1 Å². The molecule has 0 N–H and O–H groups in total. The van der Waals surface area contributed by atoms with Gasteiger partial charge in [0.15, 0.2) is 0 Å². The van der Waals surface area contributed by atoms with Crippen molar-refractivity contribution in [3.63, 3.8) is 0 Å². The summed E-state index contributed by atoms with van der Waals surface area (Å²) in [5.41, 5.74) is 0.153. The fourth-order valence-corrected chi connectivity index (χ4v) is 2.36. The van der Waals surface area contributed by atoms with Crippen LogP contribution in [0.5, 0.6) is 0 Å². The second kappa shape index (κ2) is 6.85. The predicted molar refractivity (Wildman–Crippen MR) is 66.8 cm³/mol. The summed E-state index contributed by atoms with van der Waals surface area (Å²) in [5, 5.41) is 11.4. The van der Waals surface area contributed by atoms with Crippen molar-refractivity contribution < 1.29 is 4.92 Å². The summed E-state index contributed by atoms with van der Waals surface area (Å²) in [6.07, 6.45) is 2.33. The van der Waals surface area contributed by atoms with Gasteiger partial charge < -0.3 is 0 Å². The zero-order chi connectivity index (χ0) is 11.1. The highest BCUT2D eigenvalue weighted by atomic mass is 79.9. The van der Waals surface area contributed by atoms with Crippen molar-refractivity contribution in [2.75, 3.05) is 11.1 Å². The number of nitrogens with zero attached hydrogens (tertiary/aromatic N) is 1. The molecule has 5 heteroatoms. The number of alkyl halides is 1. The van der Waals surface area contributed by atoms with Crippen molar-refractivity contribution in [1.29, 1.82) is 0 Å². The van der Waals surface area contributed by atoms with E-state index < -0.39 is 0 Å². The smallest absolute Gasteiger partial charge is 0.258 e. The lowest BCUT2D eigenvalue weighted by Crippen LogP contribution is -1.87. The van der Waals surface area contributed by atoms with Crippen molar-refractivity contribution in [2.24, 2.45) is 0 Å². The Bertz CT molecular complexity index is 316. The first-order valence-corrected chi connectivity index (χ1v) is 6.78. The van der Waals surface area contributed by atoms with Crippen LogP contribution in [0.15, 0.2) is 29.2 Å². The van der Waals surface area contributed by atoms with E-state index in [1.807, 2.05) is 0 Å². The van der Waals surface area contributed by atoms with Crippen LogP contribution >= 0.6 is 27.7 Å². The van der Waals surface area contributed by atoms with E-state index in [-0.39, 0.29) is 10.6 Å². The van der Waals surface area contributed by atoms with Gasteiger partial charge in [-0.15, -0.1) is 11.8 Å². The lowest BCUT2D eigenvalue weighted by atomic mass is 10.3. The summed E-state index contributed by atoms with van der Waals surface area (Å²) in [6.45, 7) is 0. The first kappa shape index (κ1) is 12.5. The molecule has 15 heavy (non-hydrogen) atoms. The maximum atomic E-state index is 10.4. The van der Waals surface area contributed by atoms with Gasteiger partial charge in [-0.3, -0.25) is 10.1 Å². The molecule has 1 rings (SSSR count). The van der Waals surface area contributed by atoms with Crippen LogP contribution in [-0.4, -0.2) is 16.0 Å². The number of nitro benzene ring substituents is 1. The van der Waals surface area contributed by atoms with E-state index in [9.17, 15) is 10.1 Å². The largest absolute Gasteiger partial charge is 0.269 e. The Morgan fingerprint density at radius 2 is 1.93 bits per heavy atom. The molecular formula is C10H12BrNO2S. The van der Waals surface area contributed by atoms with Gasteiger partial charge in [-0.2, -0.15) is 0 Å². The molecule has 0 heterocycles. The second-order valence-electron chi connectivity index (χ2n) is 3.00. The quantitative estimate of drug-likeness (QED) is 0.263. The van der Waals surface area contributed by atoms with E-state index in [4.69, 9.17) is 0 Å². The molecule has 0 bridgehead atoms. The van der Waals surface area contributed by atoms with Gasteiger partial charge in [0.05, 0.1) is 4.92 Å². The third-order valence-corrected chi connectivity index (χ3v) is 3.50. The number of benzene rings is 1. The van der Waals surface area contributed by atoms with Gasteiger partial charge >= 0.3 is 0 Å². The van der Waals surface area contributed by atoms with Gasteiger partial charge in [-0.1, -0.05) is 15.9 Å². The first-order chi connectivity index (χ1) is 7.24. The van der Waals surface area contributed by atoms with E-state index in [2.05, 4.69) is 15.9 Å². The van der Waals surface area contributed by atoms with Crippen LogP contribution < -0.4 is 0 Å². The normalized spacial score (nSPS) is 10.2. The lowest BCUT2D eigenvalue weighted by Gasteiger charge is -2.00. The fraction of sp³-hybridized carbons (Fsp3) is 0.400. The SMILES string of the molecule is O=[N+]([O-])c1ccc(SCCCCBr)cc1. The summed E-state index contributed by atoms with van der Waals surface area (Å²) < 4.78 is 0. The Hall–Kier alpha value is -0.550. The number of thioether (sulfide) groups is 1. The third-order valence-electron chi connectivity index (χ3n) is 1.84. The van der Waals surface area contributed by atoms with Gasteiger partial charge in [0.2, 0.25) is 0 Å². The molecule has 0 aliphatic carbocycles. The van der Waals surface area contributed by atoms with Crippen LogP contribution in [0.1, 0.15) is 12.8 Å². The van der Waals surface area contributed by atoms with E-state index in [1.165, 1.54) is 6.42 Å². The number of nitro groups is 1. The van der Waals surface area contributed by atoms with Gasteiger partial charge in [-0.25, -0.2) is 0 Å². The van der Waals surface area contributed by atoms with E-state index >= 15 is 0 Å². The van der Waals surface area contributed by atoms with Crippen molar-refractivity contribution >= 4 is 33.4 Å². The fourth-order valence-electron chi connectivity index (χ4n) is 1.05. The minimum absolute atomic E-state index is 0.153. The molecule has 0 aliphatic rings. The molecule has 0 unspecified atom stereocenters. The van der Waals surface area contributed by atoms with E-state index in [0.29, 0.717) is 0 Å². The van der Waals surface area contributed by atoms with Crippen LogP contribution in [0.25, 0.3) is 0 Å². The third kappa shape index (κ3) is 4.66. The van der Waals surface area contributed by atoms with Crippen LogP contribution in [-0.2, 0) is 0 Å². The molecule has 1 aromatic rings. The maximum absolute atomic E-state index is 10.4. The number of non-ortho nitro benzene ring substituents is 1.